The van der Waals surface area contributed by atoms with Gasteiger partial charge in [-0.1, -0.05) is 46.3 Å². The Morgan fingerprint density at radius 2 is 1.88 bits per heavy atom. The van der Waals surface area contributed by atoms with E-state index in [0.717, 1.165) is 0 Å². The molecular formula is C12H9BrFNO. The molecule has 2 rings (SSSR count). The first kappa shape index (κ1) is 11.2. The molecule has 2 aromatic rings. The van der Waals surface area contributed by atoms with Crippen LogP contribution in [0.25, 0.3) is 0 Å². The molecule has 0 saturated carbocycles. The summed E-state index contributed by atoms with van der Waals surface area (Å²) in [5, 5.41) is 10.0. The van der Waals surface area contributed by atoms with Crippen LogP contribution in [-0.2, 0) is 0 Å². The van der Waals surface area contributed by atoms with Gasteiger partial charge >= 0.3 is 0 Å². The highest BCUT2D eigenvalue weighted by Crippen LogP contribution is 2.29. The summed E-state index contributed by atoms with van der Waals surface area (Å²) >= 11 is 3.20. The van der Waals surface area contributed by atoms with Crippen molar-refractivity contribution in [3.05, 3.63) is 64.1 Å². The molecule has 82 valence electrons. The lowest BCUT2D eigenvalue weighted by molar-refractivity contribution is 0.212. The van der Waals surface area contributed by atoms with Gasteiger partial charge in [-0.05, 0) is 11.6 Å². The van der Waals surface area contributed by atoms with E-state index < -0.39 is 12.1 Å². The van der Waals surface area contributed by atoms with Crippen molar-refractivity contribution in [3.63, 3.8) is 0 Å². The smallest absolute Gasteiger partial charge is 0.220 e. The van der Waals surface area contributed by atoms with Crippen LogP contribution in [0.15, 0.2) is 47.1 Å². The van der Waals surface area contributed by atoms with Gasteiger partial charge in [-0.15, -0.1) is 0 Å². The Kier molecular flexibility index (Phi) is 3.31. The van der Waals surface area contributed by atoms with Crippen molar-refractivity contribution >= 4 is 15.9 Å². The Morgan fingerprint density at radius 1 is 1.19 bits per heavy atom. The molecule has 0 amide bonds. The molecule has 4 heteroatoms. The third-order valence-electron chi connectivity index (χ3n) is 2.28. The number of aromatic nitrogens is 1. The number of pyridine rings is 1. The predicted octanol–water partition coefficient (Wildman–Crippen LogP) is 3.06. The summed E-state index contributed by atoms with van der Waals surface area (Å²) in [7, 11) is 0. The summed E-state index contributed by atoms with van der Waals surface area (Å²) in [5.41, 5.74) is 0.795. The minimum absolute atomic E-state index is 0.161. The molecule has 0 aliphatic heterocycles. The molecule has 1 unspecified atom stereocenters. The fraction of sp³-hybridized carbons (Fsp3) is 0.0833. The predicted molar refractivity (Wildman–Crippen MR) is 62.4 cm³/mol. The molecule has 1 N–H and O–H groups in total. The van der Waals surface area contributed by atoms with E-state index in [1.807, 2.05) is 6.07 Å². The third-order valence-corrected chi connectivity index (χ3v) is 2.97. The van der Waals surface area contributed by atoms with Crippen LogP contribution in [0, 0.1) is 5.95 Å². The first-order valence-corrected chi connectivity index (χ1v) is 5.52. The Morgan fingerprint density at radius 3 is 2.50 bits per heavy atom. The topological polar surface area (TPSA) is 33.1 Å². The lowest BCUT2D eigenvalue weighted by Crippen LogP contribution is -2.05. The van der Waals surface area contributed by atoms with Crippen LogP contribution in [0.4, 0.5) is 4.39 Å². The summed E-state index contributed by atoms with van der Waals surface area (Å²) in [4.78, 5) is 3.53. The van der Waals surface area contributed by atoms with E-state index in [4.69, 9.17) is 0 Å². The molecule has 16 heavy (non-hydrogen) atoms. The van der Waals surface area contributed by atoms with Gasteiger partial charge in [0.15, 0.2) is 0 Å². The van der Waals surface area contributed by atoms with Gasteiger partial charge in [0.1, 0.15) is 6.10 Å². The van der Waals surface area contributed by atoms with Gasteiger partial charge in [0.2, 0.25) is 5.95 Å². The molecule has 1 aromatic carbocycles. The monoisotopic (exact) mass is 281 g/mol. The SMILES string of the molecule is OC(c1ccccc1)c1c(Br)ccnc1F. The van der Waals surface area contributed by atoms with E-state index in [2.05, 4.69) is 20.9 Å². The first-order chi connectivity index (χ1) is 7.70. The number of hydrogen-bond acceptors (Lipinski definition) is 2. The van der Waals surface area contributed by atoms with Gasteiger partial charge in [-0.2, -0.15) is 4.39 Å². The number of aliphatic hydroxyl groups is 1. The second-order valence-electron chi connectivity index (χ2n) is 3.31. The van der Waals surface area contributed by atoms with Crippen molar-refractivity contribution < 1.29 is 9.50 Å². The second-order valence-corrected chi connectivity index (χ2v) is 4.16. The van der Waals surface area contributed by atoms with Gasteiger partial charge in [-0.3, -0.25) is 0 Å². The number of nitrogens with zero attached hydrogens (tertiary/aromatic N) is 1. The average molecular weight is 282 g/mol. The highest BCUT2D eigenvalue weighted by Gasteiger charge is 2.18. The quantitative estimate of drug-likeness (QED) is 0.859. The van der Waals surface area contributed by atoms with Gasteiger partial charge in [0.05, 0.1) is 5.56 Å². The van der Waals surface area contributed by atoms with Crippen molar-refractivity contribution in [1.82, 2.24) is 4.98 Å². The number of hydrogen-bond donors (Lipinski definition) is 1. The maximum Gasteiger partial charge on any atom is 0.220 e. The Labute approximate surface area is 101 Å². The molecular weight excluding hydrogens is 273 g/mol. The zero-order valence-electron chi connectivity index (χ0n) is 8.27. The zero-order chi connectivity index (χ0) is 11.5. The Balaban J connectivity index is 2.46. The Hall–Kier alpha value is -1.26. The fourth-order valence-electron chi connectivity index (χ4n) is 1.47. The minimum Gasteiger partial charge on any atom is -0.383 e. The summed E-state index contributed by atoms with van der Waals surface area (Å²) in [6, 6.07) is 10.5. The Bertz CT molecular complexity index is 469. The normalized spacial score (nSPS) is 12.4. The van der Waals surface area contributed by atoms with Crippen LogP contribution >= 0.6 is 15.9 Å². The molecule has 1 aromatic heterocycles. The minimum atomic E-state index is -1.01. The molecule has 0 bridgehead atoms. The number of halogens is 2. The van der Waals surface area contributed by atoms with E-state index in [0.29, 0.717) is 10.0 Å². The fourth-order valence-corrected chi connectivity index (χ4v) is 1.97. The van der Waals surface area contributed by atoms with Gasteiger partial charge in [0.25, 0.3) is 0 Å². The van der Waals surface area contributed by atoms with Crippen molar-refractivity contribution in [1.29, 1.82) is 0 Å². The standard InChI is InChI=1S/C12H9BrFNO/c13-9-6-7-15-12(14)10(9)11(16)8-4-2-1-3-5-8/h1-7,11,16H. The zero-order valence-corrected chi connectivity index (χ0v) is 9.86. The number of benzene rings is 1. The van der Waals surface area contributed by atoms with Crippen LogP contribution in [0.3, 0.4) is 0 Å². The van der Waals surface area contributed by atoms with E-state index in [1.54, 1.807) is 30.3 Å². The largest absolute Gasteiger partial charge is 0.383 e. The van der Waals surface area contributed by atoms with E-state index in [-0.39, 0.29) is 5.56 Å². The van der Waals surface area contributed by atoms with Crippen LogP contribution in [0.1, 0.15) is 17.2 Å². The van der Waals surface area contributed by atoms with Crippen LogP contribution < -0.4 is 0 Å². The molecule has 0 aliphatic carbocycles. The average Bonchev–Trinajstić information content (AvgIpc) is 2.30. The van der Waals surface area contributed by atoms with Crippen molar-refractivity contribution in [2.45, 2.75) is 6.10 Å². The van der Waals surface area contributed by atoms with E-state index in [1.165, 1.54) is 6.20 Å². The molecule has 0 fully saturated rings. The lowest BCUT2D eigenvalue weighted by atomic mass is 10.0. The summed E-state index contributed by atoms with van der Waals surface area (Å²) in [6.45, 7) is 0. The molecule has 2 nitrogen and oxygen atoms in total. The highest BCUT2D eigenvalue weighted by atomic mass is 79.9. The first-order valence-electron chi connectivity index (χ1n) is 4.73. The second kappa shape index (κ2) is 4.72. The third kappa shape index (κ3) is 2.13. The van der Waals surface area contributed by atoms with Crippen LogP contribution in [-0.4, -0.2) is 10.1 Å². The summed E-state index contributed by atoms with van der Waals surface area (Å²) < 4.78 is 14.0. The molecule has 1 atom stereocenters. The molecule has 0 radical (unpaired) electrons. The van der Waals surface area contributed by atoms with Crippen molar-refractivity contribution in [2.24, 2.45) is 0 Å². The highest BCUT2D eigenvalue weighted by molar-refractivity contribution is 9.10. The summed E-state index contributed by atoms with van der Waals surface area (Å²) in [5.74, 6) is -0.661. The van der Waals surface area contributed by atoms with Crippen LogP contribution in [0.2, 0.25) is 0 Å². The number of aliphatic hydroxyl groups excluding tert-OH is 1. The molecule has 1 heterocycles. The summed E-state index contributed by atoms with van der Waals surface area (Å²) in [6.07, 6.45) is 0.338. The van der Waals surface area contributed by atoms with Gasteiger partial charge in [-0.25, -0.2) is 4.98 Å². The van der Waals surface area contributed by atoms with Gasteiger partial charge < -0.3 is 5.11 Å². The van der Waals surface area contributed by atoms with Crippen molar-refractivity contribution in [2.75, 3.05) is 0 Å². The van der Waals surface area contributed by atoms with Crippen molar-refractivity contribution in [3.8, 4) is 0 Å². The van der Waals surface area contributed by atoms with Gasteiger partial charge in [0, 0.05) is 10.7 Å². The molecule has 0 saturated heterocycles. The maximum absolute atomic E-state index is 13.5. The lowest BCUT2D eigenvalue weighted by Gasteiger charge is -2.13. The van der Waals surface area contributed by atoms with Crippen LogP contribution in [0.5, 0.6) is 0 Å². The maximum atomic E-state index is 13.5. The van der Waals surface area contributed by atoms with E-state index in [9.17, 15) is 9.50 Å². The molecule has 0 spiro atoms. The number of rotatable bonds is 2. The molecule has 0 aliphatic rings. The van der Waals surface area contributed by atoms with E-state index >= 15 is 0 Å².